The summed E-state index contributed by atoms with van der Waals surface area (Å²) in [6.07, 6.45) is 5.09. The molecular formula is C18H14N4O. The average molecular weight is 302 g/mol. The van der Waals surface area contributed by atoms with Gasteiger partial charge in [0, 0.05) is 17.5 Å². The van der Waals surface area contributed by atoms with Gasteiger partial charge in [0.15, 0.2) is 5.65 Å². The highest BCUT2D eigenvalue weighted by Crippen LogP contribution is 2.34. The van der Waals surface area contributed by atoms with E-state index in [9.17, 15) is 5.11 Å². The molecule has 4 rings (SSSR count). The number of aromatic hydroxyl groups is 1. The van der Waals surface area contributed by atoms with Crippen LogP contribution in [0.1, 0.15) is 0 Å². The number of benzene rings is 2. The van der Waals surface area contributed by atoms with Crippen molar-refractivity contribution in [2.75, 3.05) is 0 Å². The van der Waals surface area contributed by atoms with Crippen molar-refractivity contribution in [1.82, 2.24) is 19.5 Å². The van der Waals surface area contributed by atoms with Crippen LogP contribution in [0.4, 0.5) is 0 Å². The van der Waals surface area contributed by atoms with Gasteiger partial charge in [0.1, 0.15) is 23.3 Å². The molecule has 5 nitrogen and oxygen atoms in total. The molecule has 0 aliphatic carbocycles. The van der Waals surface area contributed by atoms with Crippen molar-refractivity contribution in [3.8, 4) is 17.0 Å². The number of aromatic nitrogens is 4. The Labute approximate surface area is 132 Å². The summed E-state index contributed by atoms with van der Waals surface area (Å²) in [4.78, 5) is 13.2. The van der Waals surface area contributed by atoms with E-state index in [0.717, 1.165) is 33.2 Å². The van der Waals surface area contributed by atoms with Crippen LogP contribution >= 0.6 is 0 Å². The molecule has 1 N–H and O–H groups in total. The molecule has 0 aliphatic rings. The van der Waals surface area contributed by atoms with Gasteiger partial charge in [-0.25, -0.2) is 15.0 Å². The van der Waals surface area contributed by atoms with Crippen molar-refractivity contribution in [2.24, 2.45) is 0 Å². The van der Waals surface area contributed by atoms with E-state index in [1.807, 2.05) is 34.9 Å². The van der Waals surface area contributed by atoms with E-state index in [1.165, 1.54) is 0 Å². The summed E-state index contributed by atoms with van der Waals surface area (Å²) in [5.74, 6) is 0.256. The molecule has 0 radical (unpaired) electrons. The third-order valence-electron chi connectivity index (χ3n) is 3.88. The molecule has 2 heterocycles. The molecule has 2 aromatic heterocycles. The smallest absolute Gasteiger partial charge is 0.164 e. The van der Waals surface area contributed by atoms with Gasteiger partial charge >= 0.3 is 0 Å². The molecule has 0 aliphatic heterocycles. The van der Waals surface area contributed by atoms with Crippen LogP contribution in [-0.4, -0.2) is 24.6 Å². The van der Waals surface area contributed by atoms with Crippen LogP contribution in [0.5, 0.6) is 5.75 Å². The predicted octanol–water partition coefficient (Wildman–Crippen LogP) is 3.54. The highest BCUT2D eigenvalue weighted by molar-refractivity contribution is 6.03. The van der Waals surface area contributed by atoms with Gasteiger partial charge in [-0.15, -0.1) is 6.58 Å². The topological polar surface area (TPSA) is 63.8 Å². The molecule has 0 amide bonds. The second-order valence-corrected chi connectivity index (χ2v) is 5.26. The van der Waals surface area contributed by atoms with Gasteiger partial charge in [0.2, 0.25) is 0 Å². The van der Waals surface area contributed by atoms with Gasteiger partial charge in [-0.3, -0.25) is 0 Å². The van der Waals surface area contributed by atoms with Gasteiger partial charge in [-0.1, -0.05) is 30.3 Å². The highest BCUT2D eigenvalue weighted by atomic mass is 16.3. The molecule has 5 heteroatoms. The molecule has 23 heavy (non-hydrogen) atoms. The minimum absolute atomic E-state index is 0.256. The fourth-order valence-corrected chi connectivity index (χ4v) is 2.84. The van der Waals surface area contributed by atoms with Gasteiger partial charge in [0.25, 0.3) is 0 Å². The standard InChI is InChI=1S/C18H14N4O/c1-2-9-22-11-21-17-16(19-10-20-18(17)22)14-7-8-15(23)13-6-4-3-5-12(13)14/h2-8,10-11,23H,1,9H2. The fraction of sp³-hybridized carbons (Fsp3) is 0.0556. The lowest BCUT2D eigenvalue weighted by Gasteiger charge is -2.08. The Morgan fingerprint density at radius 1 is 1.04 bits per heavy atom. The number of hydrogen-bond acceptors (Lipinski definition) is 4. The first-order valence-electron chi connectivity index (χ1n) is 7.27. The van der Waals surface area contributed by atoms with E-state index in [2.05, 4.69) is 21.5 Å². The van der Waals surface area contributed by atoms with E-state index >= 15 is 0 Å². The maximum Gasteiger partial charge on any atom is 0.164 e. The van der Waals surface area contributed by atoms with Crippen molar-refractivity contribution in [3.05, 3.63) is 61.7 Å². The third-order valence-corrected chi connectivity index (χ3v) is 3.88. The van der Waals surface area contributed by atoms with Crippen LogP contribution < -0.4 is 0 Å². The van der Waals surface area contributed by atoms with Crippen LogP contribution in [0, 0.1) is 0 Å². The number of hydrogen-bond donors (Lipinski definition) is 1. The Morgan fingerprint density at radius 3 is 2.70 bits per heavy atom. The zero-order valence-corrected chi connectivity index (χ0v) is 12.3. The Balaban J connectivity index is 2.04. The Bertz CT molecular complexity index is 1040. The third kappa shape index (κ3) is 2.05. The van der Waals surface area contributed by atoms with Crippen LogP contribution in [0.2, 0.25) is 0 Å². The number of fused-ring (bicyclic) bond motifs is 2. The summed E-state index contributed by atoms with van der Waals surface area (Å²) in [5, 5.41) is 11.8. The van der Waals surface area contributed by atoms with Crippen molar-refractivity contribution in [3.63, 3.8) is 0 Å². The number of phenolic OH excluding ortho intramolecular Hbond substituents is 1. The molecule has 0 atom stereocenters. The van der Waals surface area contributed by atoms with E-state index in [0.29, 0.717) is 6.54 Å². The van der Waals surface area contributed by atoms with Crippen molar-refractivity contribution < 1.29 is 5.11 Å². The van der Waals surface area contributed by atoms with E-state index in [1.54, 1.807) is 24.8 Å². The summed E-state index contributed by atoms with van der Waals surface area (Å²) >= 11 is 0. The summed E-state index contributed by atoms with van der Waals surface area (Å²) < 4.78 is 1.93. The van der Waals surface area contributed by atoms with Crippen LogP contribution in [-0.2, 0) is 6.54 Å². The van der Waals surface area contributed by atoms with Gasteiger partial charge in [-0.2, -0.15) is 0 Å². The number of imidazole rings is 1. The summed E-state index contributed by atoms with van der Waals surface area (Å²) in [6, 6.07) is 11.3. The lowest BCUT2D eigenvalue weighted by molar-refractivity contribution is 0.481. The second kappa shape index (κ2) is 5.21. The first-order valence-corrected chi connectivity index (χ1v) is 7.27. The van der Waals surface area contributed by atoms with Crippen LogP contribution in [0.25, 0.3) is 33.2 Å². The quantitative estimate of drug-likeness (QED) is 0.588. The molecule has 0 saturated carbocycles. The summed E-state index contributed by atoms with van der Waals surface area (Å²) in [6.45, 7) is 4.40. The summed E-state index contributed by atoms with van der Waals surface area (Å²) in [7, 11) is 0. The lowest BCUT2D eigenvalue weighted by atomic mass is 10.0. The lowest BCUT2D eigenvalue weighted by Crippen LogP contribution is -1.96. The molecule has 4 aromatic rings. The molecule has 2 aromatic carbocycles. The molecule has 0 spiro atoms. The molecular weight excluding hydrogens is 288 g/mol. The zero-order valence-electron chi connectivity index (χ0n) is 12.3. The van der Waals surface area contributed by atoms with E-state index in [-0.39, 0.29) is 5.75 Å². The Morgan fingerprint density at radius 2 is 1.87 bits per heavy atom. The monoisotopic (exact) mass is 302 g/mol. The molecule has 0 bridgehead atoms. The number of nitrogens with zero attached hydrogens (tertiary/aromatic N) is 4. The minimum atomic E-state index is 0.256. The Hall–Kier alpha value is -3.21. The molecule has 0 saturated heterocycles. The van der Waals surface area contributed by atoms with Crippen LogP contribution in [0.3, 0.4) is 0 Å². The number of allylic oxidation sites excluding steroid dienone is 1. The number of phenols is 1. The average Bonchev–Trinajstić information content (AvgIpc) is 2.99. The Kier molecular flexibility index (Phi) is 3.05. The van der Waals surface area contributed by atoms with Crippen LogP contribution in [0.15, 0.2) is 61.7 Å². The van der Waals surface area contributed by atoms with Gasteiger partial charge in [-0.05, 0) is 17.5 Å². The SMILES string of the molecule is C=CCn1cnc2c(-c3ccc(O)c4ccccc34)ncnc21. The largest absolute Gasteiger partial charge is 0.507 e. The van der Waals surface area contributed by atoms with Gasteiger partial charge < -0.3 is 9.67 Å². The minimum Gasteiger partial charge on any atom is -0.507 e. The van der Waals surface area contributed by atoms with Crippen molar-refractivity contribution in [2.45, 2.75) is 6.54 Å². The number of rotatable bonds is 3. The first-order chi connectivity index (χ1) is 11.3. The summed E-state index contributed by atoms with van der Waals surface area (Å²) in [5.41, 5.74) is 3.20. The maximum atomic E-state index is 10.1. The first kappa shape index (κ1) is 13.5. The zero-order chi connectivity index (χ0) is 15.8. The van der Waals surface area contributed by atoms with Crippen molar-refractivity contribution >= 4 is 21.9 Å². The highest BCUT2D eigenvalue weighted by Gasteiger charge is 2.14. The van der Waals surface area contributed by atoms with E-state index < -0.39 is 0 Å². The molecule has 112 valence electrons. The normalized spacial score (nSPS) is 11.1. The molecule has 0 fully saturated rings. The fourth-order valence-electron chi connectivity index (χ4n) is 2.84. The second-order valence-electron chi connectivity index (χ2n) is 5.26. The van der Waals surface area contributed by atoms with Crippen molar-refractivity contribution in [1.29, 1.82) is 0 Å². The maximum absolute atomic E-state index is 10.1. The van der Waals surface area contributed by atoms with Gasteiger partial charge in [0.05, 0.1) is 6.33 Å². The molecule has 0 unspecified atom stereocenters. The predicted molar refractivity (Wildman–Crippen MR) is 90.1 cm³/mol. The van der Waals surface area contributed by atoms with E-state index in [4.69, 9.17) is 0 Å².